The normalized spacial score (nSPS) is 26.1. The van der Waals surface area contributed by atoms with Crippen LogP contribution in [0.4, 0.5) is 0 Å². The fraction of sp³-hybridized carbons (Fsp3) is 0.860. The number of carbonyl (C=O) groups excluding carboxylic acids is 4. The minimum atomic E-state index is -1.12. The van der Waals surface area contributed by atoms with Gasteiger partial charge in [-0.3, -0.25) is 0 Å². The van der Waals surface area contributed by atoms with Crippen LogP contribution in [-0.2, 0) is 38.1 Å². The van der Waals surface area contributed by atoms with Crippen LogP contribution in [0.25, 0.3) is 0 Å². The highest BCUT2D eigenvalue weighted by Crippen LogP contribution is 2.38. The van der Waals surface area contributed by atoms with E-state index in [1.165, 1.54) is 0 Å². The van der Waals surface area contributed by atoms with E-state index in [-0.39, 0.29) is 88.9 Å². The molecule has 3 rings (SSSR count). The van der Waals surface area contributed by atoms with E-state index in [0.29, 0.717) is 32.1 Å². The van der Waals surface area contributed by atoms with Crippen molar-refractivity contribution in [2.24, 2.45) is 23.7 Å². The van der Waals surface area contributed by atoms with E-state index in [0.717, 1.165) is 6.54 Å². The third-order valence-corrected chi connectivity index (χ3v) is 12.1. The van der Waals surface area contributed by atoms with Gasteiger partial charge in [-0.1, -0.05) is 13.8 Å². The molecule has 3 aliphatic rings. The van der Waals surface area contributed by atoms with Gasteiger partial charge < -0.3 is 40.2 Å². The largest absolute Gasteiger partial charge is 0.462 e. The van der Waals surface area contributed by atoms with Crippen LogP contribution in [0.1, 0.15) is 143 Å². The standard InChI is InChI=1S/C43H76N4O8/c1-17-27(19-37(3,4)44-18-2)23-52-33(48)31(34(49)53-24-28-20-38(5,6)45-41(28,11)12)32(35(50)54-25-29-21-39(7,8)46-42(29,13)14)36(51)55-26-30-22-40(9,10)47-43(30,15)16/h27-30,44-47H,17-26H2,1-16H3. The van der Waals surface area contributed by atoms with Crippen molar-refractivity contribution in [3.63, 3.8) is 0 Å². The molecule has 12 nitrogen and oxygen atoms in total. The van der Waals surface area contributed by atoms with Crippen LogP contribution in [0.15, 0.2) is 11.1 Å². The Labute approximate surface area is 332 Å². The zero-order valence-electron chi connectivity index (χ0n) is 37.1. The molecule has 55 heavy (non-hydrogen) atoms. The van der Waals surface area contributed by atoms with E-state index >= 15 is 0 Å². The highest BCUT2D eigenvalue weighted by Gasteiger charge is 2.48. The Hall–Kier alpha value is -2.54. The van der Waals surface area contributed by atoms with E-state index in [1.807, 2.05) is 55.4 Å². The third-order valence-electron chi connectivity index (χ3n) is 12.1. The van der Waals surface area contributed by atoms with Crippen LogP contribution in [-0.4, -0.2) is 95.6 Å². The fourth-order valence-electron chi connectivity index (χ4n) is 9.67. The van der Waals surface area contributed by atoms with Gasteiger partial charge in [-0.15, -0.1) is 0 Å². The average molecular weight is 777 g/mol. The lowest BCUT2D eigenvalue weighted by molar-refractivity contribution is -0.155. The number of esters is 4. The third kappa shape index (κ3) is 12.7. The maximum Gasteiger partial charge on any atom is 0.346 e. The summed E-state index contributed by atoms with van der Waals surface area (Å²) in [7, 11) is 0. The number of carbonyl (C=O) groups is 4. The molecule has 12 heteroatoms. The molecule has 3 fully saturated rings. The number of rotatable bonds is 17. The molecule has 4 atom stereocenters. The van der Waals surface area contributed by atoms with Crippen molar-refractivity contribution in [2.45, 2.75) is 182 Å². The minimum Gasteiger partial charge on any atom is -0.462 e. The number of nitrogens with one attached hydrogen (secondary N) is 4. The molecular formula is C43H76N4O8. The lowest BCUT2D eigenvalue weighted by atomic mass is 9.88. The molecule has 0 radical (unpaired) electrons. The topological polar surface area (TPSA) is 153 Å². The number of hydrogen-bond donors (Lipinski definition) is 4. The second-order valence-corrected chi connectivity index (χ2v) is 20.9. The van der Waals surface area contributed by atoms with Crippen molar-refractivity contribution in [1.82, 2.24) is 21.3 Å². The summed E-state index contributed by atoms with van der Waals surface area (Å²) in [5.41, 5.74) is -3.60. The molecule has 3 heterocycles. The Morgan fingerprint density at radius 3 is 1.15 bits per heavy atom. The zero-order valence-corrected chi connectivity index (χ0v) is 37.1. The van der Waals surface area contributed by atoms with Crippen LogP contribution < -0.4 is 21.3 Å². The second kappa shape index (κ2) is 17.1. The van der Waals surface area contributed by atoms with Gasteiger partial charge in [-0.05, 0) is 141 Å². The van der Waals surface area contributed by atoms with Gasteiger partial charge in [-0.25, -0.2) is 19.2 Å². The highest BCUT2D eigenvalue weighted by molar-refractivity contribution is 6.28. The van der Waals surface area contributed by atoms with Crippen LogP contribution in [0.5, 0.6) is 0 Å². The van der Waals surface area contributed by atoms with Crippen LogP contribution in [0.2, 0.25) is 0 Å². The quantitative estimate of drug-likeness (QED) is 0.0467. The first-order chi connectivity index (χ1) is 25.0. The van der Waals surface area contributed by atoms with Crippen LogP contribution in [0, 0.1) is 23.7 Å². The first kappa shape index (κ1) is 46.8. The maximum atomic E-state index is 14.2. The molecule has 0 amide bonds. The molecule has 0 aliphatic carbocycles. The molecule has 0 spiro atoms. The summed E-state index contributed by atoms with van der Waals surface area (Å²) in [4.78, 5) is 57.0. The lowest BCUT2D eigenvalue weighted by Gasteiger charge is -2.30. The first-order valence-corrected chi connectivity index (χ1v) is 20.5. The molecule has 0 aromatic carbocycles. The molecule has 4 unspecified atom stereocenters. The average Bonchev–Trinajstić information content (AvgIpc) is 3.48. The summed E-state index contributed by atoms with van der Waals surface area (Å²) in [6.07, 6.45) is 3.50. The summed E-state index contributed by atoms with van der Waals surface area (Å²) in [5.74, 6) is -4.87. The zero-order chi connectivity index (χ0) is 42.0. The molecule has 316 valence electrons. The van der Waals surface area contributed by atoms with Crippen molar-refractivity contribution < 1.29 is 38.1 Å². The Kier molecular flexibility index (Phi) is 14.6. The van der Waals surface area contributed by atoms with Crippen molar-refractivity contribution in [2.75, 3.05) is 33.0 Å². The highest BCUT2D eigenvalue weighted by atomic mass is 16.6. The second-order valence-electron chi connectivity index (χ2n) is 20.9. The molecule has 0 saturated carbocycles. The Morgan fingerprint density at radius 2 is 0.891 bits per heavy atom. The van der Waals surface area contributed by atoms with Crippen LogP contribution >= 0.6 is 0 Å². The molecule has 4 N–H and O–H groups in total. The molecule has 3 saturated heterocycles. The summed E-state index contributed by atoms with van der Waals surface area (Å²) >= 11 is 0. The van der Waals surface area contributed by atoms with Gasteiger partial charge >= 0.3 is 23.9 Å². The fourth-order valence-corrected chi connectivity index (χ4v) is 9.67. The summed E-state index contributed by atoms with van der Waals surface area (Å²) in [6, 6.07) is 0. The molecule has 0 bridgehead atoms. The van der Waals surface area contributed by atoms with Gasteiger partial charge in [0.15, 0.2) is 11.1 Å². The molecule has 3 aliphatic heterocycles. The molecule has 0 aromatic heterocycles. The predicted molar refractivity (Wildman–Crippen MR) is 215 cm³/mol. The first-order valence-electron chi connectivity index (χ1n) is 20.5. The Bertz CT molecular complexity index is 1390. The predicted octanol–water partition coefficient (Wildman–Crippen LogP) is 5.76. The summed E-state index contributed by atoms with van der Waals surface area (Å²) in [5, 5.41) is 14.2. The van der Waals surface area contributed by atoms with Gasteiger partial charge in [0.25, 0.3) is 0 Å². The van der Waals surface area contributed by atoms with Gasteiger partial charge in [0, 0.05) is 56.5 Å². The van der Waals surface area contributed by atoms with Crippen molar-refractivity contribution in [3.8, 4) is 0 Å². The summed E-state index contributed by atoms with van der Waals surface area (Å²) < 4.78 is 23.4. The van der Waals surface area contributed by atoms with E-state index in [1.54, 1.807) is 0 Å². The van der Waals surface area contributed by atoms with Gasteiger partial charge in [0.05, 0.1) is 26.4 Å². The van der Waals surface area contributed by atoms with E-state index in [2.05, 4.69) is 76.7 Å². The van der Waals surface area contributed by atoms with Gasteiger partial charge in [0.2, 0.25) is 0 Å². The van der Waals surface area contributed by atoms with Crippen molar-refractivity contribution in [3.05, 3.63) is 11.1 Å². The SMILES string of the molecule is CCNC(C)(C)CC(CC)COC(=O)C(C(=O)OCC1CC(C)(C)NC1(C)C)=C(C(=O)OCC1CC(C)(C)NC1(C)C)C(=O)OCC1CC(C)(C)NC1(C)C. The number of ether oxygens (including phenoxy) is 4. The van der Waals surface area contributed by atoms with Crippen molar-refractivity contribution in [1.29, 1.82) is 0 Å². The van der Waals surface area contributed by atoms with E-state index in [4.69, 9.17) is 18.9 Å². The van der Waals surface area contributed by atoms with Crippen LogP contribution in [0.3, 0.4) is 0 Å². The Balaban J connectivity index is 2.04. The number of hydrogen-bond acceptors (Lipinski definition) is 12. The summed E-state index contributed by atoms with van der Waals surface area (Å²) in [6.45, 7) is 33.5. The minimum absolute atomic E-state index is 0.0277. The molecular weight excluding hydrogens is 700 g/mol. The van der Waals surface area contributed by atoms with Gasteiger partial charge in [-0.2, -0.15) is 0 Å². The van der Waals surface area contributed by atoms with Gasteiger partial charge in [0.1, 0.15) is 0 Å². The van der Waals surface area contributed by atoms with E-state index < -0.39 is 35.0 Å². The lowest BCUT2D eigenvalue weighted by Crippen LogP contribution is -2.46. The molecule has 0 aromatic rings. The monoisotopic (exact) mass is 777 g/mol. The Morgan fingerprint density at radius 1 is 0.582 bits per heavy atom. The van der Waals surface area contributed by atoms with E-state index in [9.17, 15) is 19.2 Å². The van der Waals surface area contributed by atoms with Crippen molar-refractivity contribution >= 4 is 23.9 Å². The smallest absolute Gasteiger partial charge is 0.346 e. The maximum absolute atomic E-state index is 14.2.